The SMILES string of the molecule is Cc1cccc(C(=N)/C=C(\N)C(C)C)n1. The minimum atomic E-state index is 0.259. The van der Waals surface area contributed by atoms with Gasteiger partial charge in [-0.2, -0.15) is 0 Å². The van der Waals surface area contributed by atoms with Crippen LogP contribution in [0.15, 0.2) is 30.0 Å². The Hall–Kier alpha value is -1.64. The molecule has 1 aromatic heterocycles. The molecule has 1 rings (SSSR count). The van der Waals surface area contributed by atoms with Crippen LogP contribution in [-0.2, 0) is 0 Å². The van der Waals surface area contributed by atoms with E-state index in [0.29, 0.717) is 17.1 Å². The van der Waals surface area contributed by atoms with Gasteiger partial charge in [-0.05, 0) is 31.1 Å². The fraction of sp³-hybridized carbons (Fsp3) is 0.333. The highest BCUT2D eigenvalue weighted by Gasteiger charge is 2.03. The number of nitrogens with two attached hydrogens (primary N) is 1. The van der Waals surface area contributed by atoms with Crippen molar-refractivity contribution in [3.05, 3.63) is 41.4 Å². The summed E-state index contributed by atoms with van der Waals surface area (Å²) in [7, 11) is 0. The monoisotopic (exact) mass is 203 g/mol. The second kappa shape index (κ2) is 4.73. The Bertz CT molecular complexity index is 392. The van der Waals surface area contributed by atoms with Crippen molar-refractivity contribution >= 4 is 5.71 Å². The third-order valence-electron chi connectivity index (χ3n) is 2.14. The summed E-state index contributed by atoms with van der Waals surface area (Å²) in [6.07, 6.45) is 1.67. The standard InChI is InChI=1S/C12H17N3/c1-8(2)10(13)7-11(14)12-6-4-5-9(3)15-12/h4-8,14H,13H2,1-3H3/b10-7-,14-11?. The van der Waals surface area contributed by atoms with E-state index in [1.807, 2.05) is 39.0 Å². The van der Waals surface area contributed by atoms with Gasteiger partial charge in [0.1, 0.15) is 0 Å². The fourth-order valence-corrected chi connectivity index (χ4v) is 1.10. The number of pyridine rings is 1. The Morgan fingerprint density at radius 2 is 2.13 bits per heavy atom. The molecule has 0 amide bonds. The van der Waals surface area contributed by atoms with Gasteiger partial charge in [-0.25, -0.2) is 0 Å². The van der Waals surface area contributed by atoms with Crippen molar-refractivity contribution in [3.8, 4) is 0 Å². The van der Waals surface area contributed by atoms with Crippen molar-refractivity contribution in [2.24, 2.45) is 11.7 Å². The van der Waals surface area contributed by atoms with Gasteiger partial charge in [0, 0.05) is 11.4 Å². The molecule has 1 aromatic rings. The van der Waals surface area contributed by atoms with Gasteiger partial charge >= 0.3 is 0 Å². The Morgan fingerprint density at radius 3 is 2.67 bits per heavy atom. The van der Waals surface area contributed by atoms with Crippen LogP contribution in [0.2, 0.25) is 0 Å². The lowest BCUT2D eigenvalue weighted by Gasteiger charge is -2.05. The number of nitrogens with zero attached hydrogens (tertiary/aromatic N) is 1. The second-order valence-corrected chi connectivity index (χ2v) is 3.88. The molecule has 0 aliphatic heterocycles. The van der Waals surface area contributed by atoms with E-state index in [2.05, 4.69) is 4.98 Å². The molecule has 0 aromatic carbocycles. The molecule has 15 heavy (non-hydrogen) atoms. The Morgan fingerprint density at radius 1 is 1.47 bits per heavy atom. The molecule has 3 heteroatoms. The summed E-state index contributed by atoms with van der Waals surface area (Å²) in [6, 6.07) is 5.62. The zero-order valence-corrected chi connectivity index (χ0v) is 9.41. The van der Waals surface area contributed by atoms with Crippen molar-refractivity contribution in [3.63, 3.8) is 0 Å². The predicted molar refractivity (Wildman–Crippen MR) is 62.9 cm³/mol. The second-order valence-electron chi connectivity index (χ2n) is 3.88. The molecule has 80 valence electrons. The number of nitrogens with one attached hydrogen (secondary N) is 1. The maximum atomic E-state index is 7.83. The predicted octanol–water partition coefficient (Wildman–Crippen LogP) is 2.26. The highest BCUT2D eigenvalue weighted by atomic mass is 14.7. The van der Waals surface area contributed by atoms with Crippen molar-refractivity contribution in [2.75, 3.05) is 0 Å². The van der Waals surface area contributed by atoms with Crippen LogP contribution >= 0.6 is 0 Å². The molecule has 0 unspecified atom stereocenters. The van der Waals surface area contributed by atoms with Gasteiger partial charge in [0.25, 0.3) is 0 Å². The summed E-state index contributed by atoms with van der Waals surface area (Å²) in [5.41, 5.74) is 8.44. The number of aromatic nitrogens is 1. The van der Waals surface area contributed by atoms with Gasteiger partial charge in [-0.3, -0.25) is 10.4 Å². The van der Waals surface area contributed by atoms with Crippen LogP contribution in [0.4, 0.5) is 0 Å². The molecule has 1 heterocycles. The number of hydrogen-bond donors (Lipinski definition) is 2. The number of allylic oxidation sites excluding steroid dienone is 2. The molecule has 0 bridgehead atoms. The van der Waals surface area contributed by atoms with Crippen molar-refractivity contribution in [1.29, 1.82) is 5.41 Å². The van der Waals surface area contributed by atoms with E-state index in [1.54, 1.807) is 6.08 Å². The lowest BCUT2D eigenvalue weighted by Crippen LogP contribution is -2.09. The molecule has 3 nitrogen and oxygen atoms in total. The highest BCUT2D eigenvalue weighted by molar-refractivity contribution is 6.05. The molecule has 0 radical (unpaired) electrons. The first-order valence-corrected chi connectivity index (χ1v) is 5.00. The highest BCUT2D eigenvalue weighted by Crippen LogP contribution is 2.05. The van der Waals surface area contributed by atoms with Crippen molar-refractivity contribution in [2.45, 2.75) is 20.8 Å². The third kappa shape index (κ3) is 3.20. The number of hydrogen-bond acceptors (Lipinski definition) is 3. The summed E-state index contributed by atoms with van der Waals surface area (Å²) < 4.78 is 0. The first-order valence-electron chi connectivity index (χ1n) is 5.00. The molecule has 0 spiro atoms. The van der Waals surface area contributed by atoms with Gasteiger partial charge in [-0.15, -0.1) is 0 Å². The minimum Gasteiger partial charge on any atom is -0.402 e. The van der Waals surface area contributed by atoms with E-state index >= 15 is 0 Å². The molecule has 0 saturated heterocycles. The molecule has 0 aliphatic rings. The van der Waals surface area contributed by atoms with Crippen molar-refractivity contribution in [1.82, 2.24) is 4.98 Å². The van der Waals surface area contributed by atoms with E-state index in [4.69, 9.17) is 11.1 Å². The van der Waals surface area contributed by atoms with E-state index < -0.39 is 0 Å². The van der Waals surface area contributed by atoms with Crippen LogP contribution in [0, 0.1) is 18.3 Å². The minimum absolute atomic E-state index is 0.259. The average molecular weight is 203 g/mol. The third-order valence-corrected chi connectivity index (χ3v) is 2.14. The summed E-state index contributed by atoms with van der Waals surface area (Å²) in [6.45, 7) is 5.91. The van der Waals surface area contributed by atoms with Gasteiger partial charge in [0.05, 0.1) is 11.4 Å². The lowest BCUT2D eigenvalue weighted by atomic mass is 10.1. The van der Waals surface area contributed by atoms with Crippen molar-refractivity contribution < 1.29 is 0 Å². The van der Waals surface area contributed by atoms with Crippen LogP contribution in [0.1, 0.15) is 25.2 Å². The van der Waals surface area contributed by atoms with Gasteiger partial charge in [0.2, 0.25) is 0 Å². The first kappa shape index (κ1) is 11.4. The molecule has 0 atom stereocenters. The summed E-state index contributed by atoms with van der Waals surface area (Å²) >= 11 is 0. The smallest absolute Gasteiger partial charge is 0.0882 e. The van der Waals surface area contributed by atoms with E-state index in [-0.39, 0.29) is 5.92 Å². The van der Waals surface area contributed by atoms with E-state index in [9.17, 15) is 0 Å². The largest absolute Gasteiger partial charge is 0.402 e. The van der Waals surface area contributed by atoms with Crippen LogP contribution < -0.4 is 5.73 Å². The maximum Gasteiger partial charge on any atom is 0.0882 e. The average Bonchev–Trinajstić information content (AvgIpc) is 2.17. The fourth-order valence-electron chi connectivity index (χ4n) is 1.10. The molecule has 0 fully saturated rings. The number of rotatable bonds is 3. The zero-order valence-electron chi connectivity index (χ0n) is 9.41. The lowest BCUT2D eigenvalue weighted by molar-refractivity contribution is 0.758. The summed E-state index contributed by atoms with van der Waals surface area (Å²) in [5.74, 6) is 0.259. The van der Waals surface area contributed by atoms with Crippen LogP contribution in [0.3, 0.4) is 0 Å². The molecular formula is C12H17N3. The first-order chi connectivity index (χ1) is 7.00. The Kier molecular flexibility index (Phi) is 3.61. The van der Waals surface area contributed by atoms with E-state index in [0.717, 1.165) is 5.69 Å². The zero-order chi connectivity index (χ0) is 11.4. The van der Waals surface area contributed by atoms with Crippen LogP contribution in [0.5, 0.6) is 0 Å². The van der Waals surface area contributed by atoms with Crippen LogP contribution in [-0.4, -0.2) is 10.7 Å². The molecule has 0 aliphatic carbocycles. The van der Waals surface area contributed by atoms with Gasteiger partial charge in [0.15, 0.2) is 0 Å². The maximum absolute atomic E-state index is 7.83. The quantitative estimate of drug-likeness (QED) is 0.740. The topological polar surface area (TPSA) is 62.8 Å². The Balaban J connectivity index is 2.91. The molecular weight excluding hydrogens is 186 g/mol. The molecule has 3 N–H and O–H groups in total. The molecule has 0 saturated carbocycles. The van der Waals surface area contributed by atoms with Gasteiger partial charge < -0.3 is 5.73 Å². The van der Waals surface area contributed by atoms with Crippen LogP contribution in [0.25, 0.3) is 0 Å². The van der Waals surface area contributed by atoms with Gasteiger partial charge in [-0.1, -0.05) is 19.9 Å². The summed E-state index contributed by atoms with van der Waals surface area (Å²) in [4.78, 5) is 4.26. The van der Waals surface area contributed by atoms with E-state index in [1.165, 1.54) is 0 Å². The normalized spacial score (nSPS) is 11.9. The Labute approximate surface area is 90.5 Å². The number of aryl methyl sites for hydroxylation is 1. The summed E-state index contributed by atoms with van der Waals surface area (Å²) in [5, 5.41) is 7.83.